The van der Waals surface area contributed by atoms with Gasteiger partial charge in [-0.2, -0.15) is 0 Å². The van der Waals surface area contributed by atoms with Gasteiger partial charge in [0.2, 0.25) is 5.91 Å². The van der Waals surface area contributed by atoms with Crippen LogP contribution in [0.4, 0.5) is 0 Å². The van der Waals surface area contributed by atoms with E-state index in [-0.39, 0.29) is 12.5 Å². The summed E-state index contributed by atoms with van der Waals surface area (Å²) in [4.78, 5) is 22.0. The average Bonchev–Trinajstić information content (AvgIpc) is 2.99. The molecule has 1 aromatic heterocycles. The number of ether oxygens (including phenoxy) is 1. The van der Waals surface area contributed by atoms with Crippen LogP contribution in [-0.2, 0) is 17.9 Å². The van der Waals surface area contributed by atoms with Crippen molar-refractivity contribution >= 4 is 23.2 Å². The normalized spacial score (nSPS) is 11.2. The number of rotatable bonds is 8. The highest BCUT2D eigenvalue weighted by Gasteiger charge is 2.07. The Balaban J connectivity index is 1.83. The van der Waals surface area contributed by atoms with Crippen LogP contribution in [0.25, 0.3) is 0 Å². The van der Waals surface area contributed by atoms with Crippen LogP contribution in [0.3, 0.4) is 0 Å². The third kappa shape index (κ3) is 6.90. The number of nitrogens with one attached hydrogen (secondary N) is 3. The highest BCUT2D eigenvalue weighted by Crippen LogP contribution is 2.16. The summed E-state index contributed by atoms with van der Waals surface area (Å²) < 4.78 is 5.12. The van der Waals surface area contributed by atoms with Gasteiger partial charge in [-0.1, -0.05) is 12.1 Å². The molecule has 0 saturated carbocycles. The average molecular weight is 390 g/mol. The molecule has 7 nitrogen and oxygen atoms in total. The van der Waals surface area contributed by atoms with E-state index in [0.29, 0.717) is 19.0 Å². The van der Waals surface area contributed by atoms with E-state index in [1.54, 1.807) is 18.4 Å². The van der Waals surface area contributed by atoms with Crippen molar-refractivity contribution in [2.45, 2.75) is 33.9 Å². The van der Waals surface area contributed by atoms with Gasteiger partial charge in [0.05, 0.1) is 24.4 Å². The maximum absolute atomic E-state index is 12.1. The summed E-state index contributed by atoms with van der Waals surface area (Å²) in [7, 11) is 1.63. The number of benzene rings is 1. The highest BCUT2D eigenvalue weighted by molar-refractivity contribution is 7.11. The van der Waals surface area contributed by atoms with Gasteiger partial charge < -0.3 is 20.7 Å². The van der Waals surface area contributed by atoms with Crippen LogP contribution < -0.4 is 20.7 Å². The number of carbonyl (C=O) groups excluding carboxylic acids is 1. The van der Waals surface area contributed by atoms with Crippen molar-refractivity contribution in [1.29, 1.82) is 0 Å². The molecule has 0 spiro atoms. The summed E-state index contributed by atoms with van der Waals surface area (Å²) in [6.45, 7) is 7.86. The second-order valence-electron chi connectivity index (χ2n) is 5.91. The van der Waals surface area contributed by atoms with Gasteiger partial charge in [-0.3, -0.25) is 4.79 Å². The van der Waals surface area contributed by atoms with Gasteiger partial charge in [-0.05, 0) is 38.5 Å². The molecule has 1 heterocycles. The van der Waals surface area contributed by atoms with Crippen LogP contribution in [0.15, 0.2) is 29.3 Å². The van der Waals surface area contributed by atoms with Crippen molar-refractivity contribution in [3.05, 3.63) is 45.4 Å². The molecule has 2 aromatic rings. The maximum atomic E-state index is 12.1. The molecule has 0 atom stereocenters. The smallest absolute Gasteiger partial charge is 0.242 e. The number of thiazole rings is 1. The largest absolute Gasteiger partial charge is 0.497 e. The predicted molar refractivity (Wildman–Crippen MR) is 109 cm³/mol. The zero-order chi connectivity index (χ0) is 19.6. The van der Waals surface area contributed by atoms with E-state index in [9.17, 15) is 4.79 Å². The molecule has 27 heavy (non-hydrogen) atoms. The fourth-order valence-electron chi connectivity index (χ4n) is 2.39. The van der Waals surface area contributed by atoms with E-state index < -0.39 is 0 Å². The van der Waals surface area contributed by atoms with E-state index in [2.05, 4.69) is 25.9 Å². The number of guanidine groups is 1. The van der Waals surface area contributed by atoms with E-state index in [1.807, 2.05) is 45.0 Å². The Kier molecular flexibility index (Phi) is 8.06. The van der Waals surface area contributed by atoms with Crippen LogP contribution in [0.2, 0.25) is 0 Å². The Bertz CT molecular complexity index is 771. The molecule has 1 amide bonds. The first-order valence-corrected chi connectivity index (χ1v) is 9.68. The van der Waals surface area contributed by atoms with Gasteiger partial charge in [0, 0.05) is 18.0 Å². The molecular formula is C19H27N5O2S. The Labute approximate surface area is 164 Å². The molecule has 0 saturated heterocycles. The quantitative estimate of drug-likeness (QED) is 0.476. The number of carbonyl (C=O) groups is 1. The van der Waals surface area contributed by atoms with Crippen LogP contribution in [0.1, 0.15) is 28.1 Å². The second-order valence-corrected chi connectivity index (χ2v) is 7.20. The molecule has 146 valence electrons. The molecule has 0 aliphatic carbocycles. The lowest BCUT2D eigenvalue weighted by Crippen LogP contribution is -2.38. The summed E-state index contributed by atoms with van der Waals surface area (Å²) in [5.74, 6) is 1.28. The summed E-state index contributed by atoms with van der Waals surface area (Å²) in [6.07, 6.45) is 0. The van der Waals surface area contributed by atoms with Crippen LogP contribution in [-0.4, -0.2) is 37.1 Å². The topological polar surface area (TPSA) is 87.6 Å². The molecule has 8 heteroatoms. The van der Waals surface area contributed by atoms with Gasteiger partial charge in [0.1, 0.15) is 12.3 Å². The van der Waals surface area contributed by atoms with Crippen LogP contribution in [0, 0.1) is 13.8 Å². The Morgan fingerprint density at radius 3 is 2.48 bits per heavy atom. The molecule has 0 unspecified atom stereocenters. The minimum Gasteiger partial charge on any atom is -0.497 e. The van der Waals surface area contributed by atoms with Crippen molar-refractivity contribution in [2.24, 2.45) is 4.99 Å². The van der Waals surface area contributed by atoms with Crippen LogP contribution >= 0.6 is 11.3 Å². The zero-order valence-electron chi connectivity index (χ0n) is 16.3. The first-order valence-electron chi connectivity index (χ1n) is 8.86. The van der Waals surface area contributed by atoms with Crippen LogP contribution in [0.5, 0.6) is 5.75 Å². The third-order valence-corrected chi connectivity index (χ3v) is 4.86. The lowest BCUT2D eigenvalue weighted by Gasteiger charge is -2.11. The fourth-order valence-corrected chi connectivity index (χ4v) is 3.27. The predicted octanol–water partition coefficient (Wildman–Crippen LogP) is 2.14. The van der Waals surface area contributed by atoms with E-state index >= 15 is 0 Å². The van der Waals surface area contributed by atoms with Gasteiger partial charge >= 0.3 is 0 Å². The number of amides is 1. The third-order valence-electron chi connectivity index (χ3n) is 3.79. The number of hydrogen-bond donors (Lipinski definition) is 3. The van der Waals surface area contributed by atoms with Crippen molar-refractivity contribution in [2.75, 3.05) is 20.2 Å². The summed E-state index contributed by atoms with van der Waals surface area (Å²) in [5.41, 5.74) is 2.03. The molecule has 3 N–H and O–H groups in total. The summed E-state index contributed by atoms with van der Waals surface area (Å²) >= 11 is 1.66. The molecule has 0 radical (unpaired) electrons. The summed E-state index contributed by atoms with van der Waals surface area (Å²) in [5, 5.41) is 10.3. The molecular weight excluding hydrogens is 362 g/mol. The Hall–Kier alpha value is -2.61. The number of aliphatic imine (C=N–C) groups is 1. The van der Waals surface area contributed by atoms with E-state index in [4.69, 9.17) is 4.74 Å². The standard InChI is InChI=1S/C19H27N5O2S/c1-5-20-19(22-11-17-13(2)24-14(3)27-17)23-12-18(25)21-10-15-6-8-16(26-4)9-7-15/h6-9H,5,10-12H2,1-4H3,(H,21,25)(H2,20,22,23). The summed E-state index contributed by atoms with van der Waals surface area (Å²) in [6, 6.07) is 7.59. The number of aromatic nitrogens is 1. The number of hydrogen-bond acceptors (Lipinski definition) is 5. The molecule has 0 fully saturated rings. The second kappa shape index (κ2) is 10.5. The van der Waals surface area contributed by atoms with Gasteiger partial charge in [0.15, 0.2) is 5.96 Å². The number of aryl methyl sites for hydroxylation is 2. The maximum Gasteiger partial charge on any atom is 0.242 e. The van der Waals surface area contributed by atoms with Crippen molar-refractivity contribution in [1.82, 2.24) is 20.9 Å². The zero-order valence-corrected chi connectivity index (χ0v) is 17.1. The Morgan fingerprint density at radius 2 is 1.89 bits per heavy atom. The minimum atomic E-state index is -0.132. The van der Waals surface area contributed by atoms with Crippen molar-refractivity contribution < 1.29 is 9.53 Å². The molecule has 2 rings (SSSR count). The number of methoxy groups -OCH3 is 1. The monoisotopic (exact) mass is 389 g/mol. The first kappa shape index (κ1) is 20.7. The van der Waals surface area contributed by atoms with Crippen molar-refractivity contribution in [3.8, 4) is 5.75 Å². The fraction of sp³-hybridized carbons (Fsp3) is 0.421. The highest BCUT2D eigenvalue weighted by atomic mass is 32.1. The number of nitrogens with zero attached hydrogens (tertiary/aromatic N) is 2. The minimum absolute atomic E-state index is 0.0617. The molecule has 0 bridgehead atoms. The SMILES string of the molecule is CCNC(=NCC(=O)NCc1ccc(OC)cc1)NCc1sc(C)nc1C. The molecule has 0 aliphatic rings. The lowest BCUT2D eigenvalue weighted by atomic mass is 10.2. The lowest BCUT2D eigenvalue weighted by molar-refractivity contribution is -0.119. The van der Waals surface area contributed by atoms with Gasteiger partial charge in [-0.15, -0.1) is 11.3 Å². The first-order chi connectivity index (χ1) is 13.0. The Morgan fingerprint density at radius 1 is 1.15 bits per heavy atom. The van der Waals surface area contributed by atoms with Gasteiger partial charge in [0.25, 0.3) is 0 Å². The molecule has 0 aliphatic heterocycles. The van der Waals surface area contributed by atoms with Gasteiger partial charge in [-0.25, -0.2) is 9.98 Å². The van der Waals surface area contributed by atoms with Crippen molar-refractivity contribution in [3.63, 3.8) is 0 Å². The van der Waals surface area contributed by atoms with E-state index in [0.717, 1.165) is 28.6 Å². The van der Waals surface area contributed by atoms with E-state index in [1.165, 1.54) is 4.88 Å². The molecule has 1 aromatic carbocycles.